The fourth-order valence-corrected chi connectivity index (χ4v) is 2.64. The third kappa shape index (κ3) is 3.02. The summed E-state index contributed by atoms with van der Waals surface area (Å²) in [5, 5.41) is 49.2. The fraction of sp³-hybridized carbons (Fsp3) is 0.133. The first-order chi connectivity index (χ1) is 13.0. The van der Waals surface area contributed by atoms with Gasteiger partial charge >= 0.3 is 17.6 Å². The van der Waals surface area contributed by atoms with E-state index in [1.807, 2.05) is 0 Å². The summed E-state index contributed by atoms with van der Waals surface area (Å²) in [6.45, 7) is 0. The molecule has 0 aliphatic carbocycles. The van der Waals surface area contributed by atoms with Gasteiger partial charge in [-0.3, -0.25) is 10.1 Å². The van der Waals surface area contributed by atoms with Gasteiger partial charge in [-0.1, -0.05) is 0 Å². The Bertz CT molecular complexity index is 1100. The van der Waals surface area contributed by atoms with Crippen molar-refractivity contribution in [2.75, 3.05) is 0 Å². The predicted octanol–water partition coefficient (Wildman–Crippen LogP) is 2.12. The highest BCUT2D eigenvalue weighted by molar-refractivity contribution is 5.70. The number of hydrogen-bond donors (Lipinski definition) is 2. The van der Waals surface area contributed by atoms with Gasteiger partial charge in [-0.25, -0.2) is 0 Å². The lowest BCUT2D eigenvalue weighted by Gasteiger charge is -2.12. The van der Waals surface area contributed by atoms with Gasteiger partial charge in [0.15, 0.2) is 23.6 Å². The number of nitro benzene ring substituents is 1. The topological polar surface area (TPSA) is 141 Å². The standard InChI is InChI=1S/C15H10F3N5O5/c1-21-13(7-5-9(23(27)28)11(25)10(24)6-7)19-20-14(21)8-3-2-4-22(26)12(8)15(16,17)18/h2-6,24-25H,1H3. The van der Waals surface area contributed by atoms with Crippen LogP contribution in [-0.2, 0) is 13.2 Å². The minimum absolute atomic E-state index is 0.0808. The molecule has 1 aromatic carbocycles. The number of phenolic OH excluding ortho intramolecular Hbond substituents is 2. The van der Waals surface area contributed by atoms with Crippen LogP contribution in [0.1, 0.15) is 5.69 Å². The number of alkyl halides is 3. The molecule has 2 heterocycles. The molecule has 0 spiro atoms. The second kappa shape index (κ2) is 6.37. The summed E-state index contributed by atoms with van der Waals surface area (Å²) in [6.07, 6.45) is -4.29. The molecular formula is C15H10F3N5O5. The van der Waals surface area contributed by atoms with Crippen LogP contribution in [0, 0.1) is 15.3 Å². The largest absolute Gasteiger partial charge is 0.618 e. The SMILES string of the molecule is Cn1c(-c2cc(O)c(O)c([N+](=O)[O-])c2)nnc1-c1ccc[n+]([O-])c1C(F)(F)F. The van der Waals surface area contributed by atoms with Crippen LogP contribution in [0.3, 0.4) is 0 Å². The molecule has 0 amide bonds. The van der Waals surface area contributed by atoms with Gasteiger partial charge in [0, 0.05) is 24.7 Å². The van der Waals surface area contributed by atoms with Gasteiger partial charge in [-0.05, 0) is 12.1 Å². The van der Waals surface area contributed by atoms with Gasteiger partial charge in [0.2, 0.25) is 5.75 Å². The van der Waals surface area contributed by atoms with Crippen molar-refractivity contribution in [3.05, 3.63) is 51.5 Å². The van der Waals surface area contributed by atoms with Gasteiger partial charge < -0.3 is 20.0 Å². The Hall–Kier alpha value is -3.90. The number of aromatic nitrogens is 4. The van der Waals surface area contributed by atoms with Crippen LogP contribution in [0.25, 0.3) is 22.8 Å². The van der Waals surface area contributed by atoms with Crippen LogP contribution >= 0.6 is 0 Å². The van der Waals surface area contributed by atoms with Crippen LogP contribution in [0.4, 0.5) is 18.9 Å². The molecule has 28 heavy (non-hydrogen) atoms. The van der Waals surface area contributed by atoms with Crippen molar-refractivity contribution in [3.63, 3.8) is 0 Å². The molecule has 13 heteroatoms. The Labute approximate surface area is 153 Å². The van der Waals surface area contributed by atoms with Crippen LogP contribution in [-0.4, -0.2) is 29.9 Å². The van der Waals surface area contributed by atoms with Crippen molar-refractivity contribution in [2.24, 2.45) is 7.05 Å². The minimum Gasteiger partial charge on any atom is -0.618 e. The van der Waals surface area contributed by atoms with Crippen LogP contribution < -0.4 is 4.73 Å². The third-order valence-electron chi connectivity index (χ3n) is 3.87. The van der Waals surface area contributed by atoms with E-state index in [9.17, 15) is 38.7 Å². The van der Waals surface area contributed by atoms with Crippen LogP contribution in [0.15, 0.2) is 30.5 Å². The second-order valence-electron chi connectivity index (χ2n) is 5.62. The Morgan fingerprint density at radius 3 is 2.46 bits per heavy atom. The van der Waals surface area contributed by atoms with Gasteiger partial charge in [0.05, 0.1) is 10.5 Å². The number of pyridine rings is 1. The summed E-state index contributed by atoms with van der Waals surface area (Å²) in [7, 11) is 1.28. The first-order valence-electron chi connectivity index (χ1n) is 7.42. The zero-order valence-corrected chi connectivity index (χ0v) is 13.9. The summed E-state index contributed by atoms with van der Waals surface area (Å²) >= 11 is 0. The highest BCUT2D eigenvalue weighted by Gasteiger charge is 2.44. The molecule has 2 N–H and O–H groups in total. The maximum absolute atomic E-state index is 13.3. The van der Waals surface area contributed by atoms with E-state index in [1.165, 1.54) is 7.05 Å². The van der Waals surface area contributed by atoms with Crippen LogP contribution in [0.2, 0.25) is 0 Å². The fourth-order valence-electron chi connectivity index (χ4n) is 2.64. The van der Waals surface area contributed by atoms with Gasteiger partial charge in [-0.2, -0.15) is 17.9 Å². The molecule has 2 aromatic heterocycles. The zero-order chi connectivity index (χ0) is 20.8. The summed E-state index contributed by atoms with van der Waals surface area (Å²) in [5.74, 6) is -2.25. The Kier molecular flexibility index (Phi) is 4.29. The summed E-state index contributed by atoms with van der Waals surface area (Å²) in [5.41, 5.74) is -2.96. The number of rotatable bonds is 3. The van der Waals surface area contributed by atoms with Crippen molar-refractivity contribution in [1.29, 1.82) is 0 Å². The maximum Gasteiger partial charge on any atom is 0.479 e. The van der Waals surface area contributed by atoms with Crippen molar-refractivity contribution >= 4 is 5.69 Å². The predicted molar refractivity (Wildman–Crippen MR) is 85.8 cm³/mol. The second-order valence-corrected chi connectivity index (χ2v) is 5.62. The number of phenols is 2. The van der Waals surface area contributed by atoms with Crippen molar-refractivity contribution in [3.8, 4) is 34.3 Å². The molecule has 0 aliphatic heterocycles. The van der Waals surface area contributed by atoms with E-state index in [0.717, 1.165) is 28.8 Å². The molecule has 0 unspecified atom stereocenters. The molecule has 0 aliphatic rings. The quantitative estimate of drug-likeness (QED) is 0.227. The smallest absolute Gasteiger partial charge is 0.479 e. The highest BCUT2D eigenvalue weighted by Crippen LogP contribution is 2.40. The van der Waals surface area contributed by atoms with E-state index in [4.69, 9.17) is 0 Å². The average molecular weight is 397 g/mol. The first kappa shape index (κ1) is 18.9. The van der Waals surface area contributed by atoms with Crippen LogP contribution in [0.5, 0.6) is 11.5 Å². The number of hydrogen-bond acceptors (Lipinski definition) is 7. The van der Waals surface area contributed by atoms with E-state index in [-0.39, 0.29) is 21.9 Å². The normalized spacial score (nSPS) is 11.6. The molecule has 3 rings (SSSR count). The molecule has 0 radical (unpaired) electrons. The number of nitro groups is 1. The summed E-state index contributed by atoms with van der Waals surface area (Å²) in [4.78, 5) is 10.0. The molecule has 10 nitrogen and oxygen atoms in total. The number of nitrogens with zero attached hydrogens (tertiary/aromatic N) is 5. The maximum atomic E-state index is 13.3. The van der Waals surface area contributed by atoms with E-state index in [2.05, 4.69) is 10.2 Å². The lowest BCUT2D eigenvalue weighted by atomic mass is 10.1. The number of benzene rings is 1. The Morgan fingerprint density at radius 2 is 1.86 bits per heavy atom. The number of aromatic hydroxyl groups is 2. The molecule has 146 valence electrons. The number of halogens is 3. The molecule has 0 atom stereocenters. The van der Waals surface area contributed by atoms with Crippen molar-refractivity contribution in [2.45, 2.75) is 6.18 Å². The van der Waals surface area contributed by atoms with Gasteiger partial charge in [0.1, 0.15) is 0 Å². The van der Waals surface area contributed by atoms with Gasteiger partial charge in [-0.15, -0.1) is 10.2 Å². The molecule has 3 aromatic rings. The Balaban J connectivity index is 2.21. The Morgan fingerprint density at radius 1 is 1.21 bits per heavy atom. The first-order valence-corrected chi connectivity index (χ1v) is 7.42. The molecule has 0 fully saturated rings. The molecule has 0 saturated heterocycles. The van der Waals surface area contributed by atoms with E-state index in [1.54, 1.807) is 0 Å². The molecule has 0 bridgehead atoms. The molecular weight excluding hydrogens is 387 g/mol. The third-order valence-corrected chi connectivity index (χ3v) is 3.87. The van der Waals surface area contributed by atoms with E-state index in [0.29, 0.717) is 6.20 Å². The van der Waals surface area contributed by atoms with E-state index >= 15 is 0 Å². The molecule has 0 saturated carbocycles. The zero-order valence-electron chi connectivity index (χ0n) is 13.9. The average Bonchev–Trinajstić information content (AvgIpc) is 2.97. The summed E-state index contributed by atoms with van der Waals surface area (Å²) < 4.78 is 40.6. The van der Waals surface area contributed by atoms with Crippen molar-refractivity contribution < 1.29 is 33.0 Å². The highest BCUT2D eigenvalue weighted by atomic mass is 19.4. The summed E-state index contributed by atoms with van der Waals surface area (Å²) in [6, 6.07) is 3.96. The minimum atomic E-state index is -4.97. The van der Waals surface area contributed by atoms with Gasteiger partial charge in [0.25, 0.3) is 0 Å². The van der Waals surface area contributed by atoms with Crippen molar-refractivity contribution in [1.82, 2.24) is 14.8 Å². The lowest BCUT2D eigenvalue weighted by molar-refractivity contribution is -0.628. The lowest BCUT2D eigenvalue weighted by Crippen LogP contribution is -2.37. The van der Waals surface area contributed by atoms with E-state index < -0.39 is 39.5 Å². The monoisotopic (exact) mass is 397 g/mol.